The number of ether oxygens (including phenoxy) is 1. The Kier molecular flexibility index (Phi) is 4.55. The number of carbonyl (C=O) groups is 1. The van der Waals surface area contributed by atoms with Crippen LogP contribution in [0.1, 0.15) is 27.5 Å². The monoisotopic (exact) mass is 437 g/mol. The number of hydrogen-bond donors (Lipinski definition) is 2. The summed E-state index contributed by atoms with van der Waals surface area (Å²) >= 11 is 6.26. The van der Waals surface area contributed by atoms with Crippen molar-refractivity contribution < 1.29 is 19.0 Å². The average Bonchev–Trinajstić information content (AvgIpc) is 3.15. The van der Waals surface area contributed by atoms with Crippen LogP contribution in [0.5, 0.6) is 5.75 Å². The molecule has 0 spiro atoms. The Morgan fingerprint density at radius 3 is 2.65 bits per heavy atom. The number of rotatable bonds is 3. The van der Waals surface area contributed by atoms with Crippen molar-refractivity contribution in [3.8, 4) is 5.75 Å². The third-order valence-electron chi connectivity index (χ3n) is 5.59. The maximum absolute atomic E-state index is 13.6. The highest BCUT2D eigenvalue weighted by Crippen LogP contribution is 2.45. The van der Waals surface area contributed by atoms with Gasteiger partial charge in [0.1, 0.15) is 11.6 Å². The van der Waals surface area contributed by atoms with Gasteiger partial charge in [0.15, 0.2) is 0 Å². The fraction of sp³-hybridized carbons (Fsp3) is 0.130. The van der Waals surface area contributed by atoms with E-state index in [0.717, 1.165) is 22.5 Å². The van der Waals surface area contributed by atoms with Gasteiger partial charge in [-0.05, 0) is 54.1 Å². The van der Waals surface area contributed by atoms with Crippen molar-refractivity contribution >= 4 is 34.7 Å². The first-order valence-corrected chi connectivity index (χ1v) is 9.99. The summed E-state index contributed by atoms with van der Waals surface area (Å²) in [6, 6.07) is 16.1. The molecule has 3 N–H and O–H groups in total. The van der Waals surface area contributed by atoms with E-state index in [1.54, 1.807) is 30.3 Å². The van der Waals surface area contributed by atoms with Gasteiger partial charge in [-0.1, -0.05) is 23.7 Å². The van der Waals surface area contributed by atoms with E-state index in [1.807, 2.05) is 11.1 Å². The molecule has 0 amide bonds. The molecule has 2 aliphatic rings. The number of carboxylic acids is 1. The van der Waals surface area contributed by atoms with E-state index in [9.17, 15) is 14.3 Å². The number of anilines is 2. The number of hydrazone groups is 1. The van der Waals surface area contributed by atoms with E-state index >= 15 is 0 Å². The van der Waals surface area contributed by atoms with Crippen molar-refractivity contribution in [3.63, 3.8) is 0 Å². The van der Waals surface area contributed by atoms with Crippen LogP contribution < -0.4 is 15.5 Å². The van der Waals surface area contributed by atoms with Gasteiger partial charge in [-0.15, -0.1) is 0 Å². The van der Waals surface area contributed by atoms with Crippen LogP contribution in [-0.2, 0) is 0 Å². The number of benzene rings is 3. The van der Waals surface area contributed by atoms with E-state index in [2.05, 4.69) is 0 Å². The number of carboxylic acid groups (broad SMARTS) is 1. The molecule has 3 aromatic carbocycles. The summed E-state index contributed by atoms with van der Waals surface area (Å²) < 4.78 is 19.5. The lowest BCUT2D eigenvalue weighted by atomic mass is 9.85. The van der Waals surface area contributed by atoms with Crippen LogP contribution in [-0.4, -0.2) is 23.4 Å². The largest absolute Gasteiger partial charge is 0.492 e. The molecule has 0 radical (unpaired) electrons. The first-order valence-electron chi connectivity index (χ1n) is 9.61. The number of aromatic carboxylic acids is 1. The van der Waals surface area contributed by atoms with Crippen molar-refractivity contribution in [1.29, 1.82) is 0 Å². The highest BCUT2D eigenvalue weighted by Gasteiger charge is 2.43. The van der Waals surface area contributed by atoms with Gasteiger partial charge in [-0.3, -0.25) is 5.01 Å². The first kappa shape index (κ1) is 19.4. The van der Waals surface area contributed by atoms with Crippen LogP contribution >= 0.6 is 11.6 Å². The minimum atomic E-state index is -1.02. The molecule has 156 valence electrons. The standard InChI is InChI=1S/C23H17ClFN3O3/c24-18-10-15(6-8-19(18)26)28-22(12-1-4-14(25)5-2-12)17-11-31-20-9-13(23(29)30)3-7-16(20)21(17)27-28/h1-10,17,22H,11,26H2,(H,29,30). The van der Waals surface area contributed by atoms with Gasteiger partial charge in [0.25, 0.3) is 0 Å². The lowest BCUT2D eigenvalue weighted by molar-refractivity contribution is 0.0696. The van der Waals surface area contributed by atoms with Gasteiger partial charge in [0.2, 0.25) is 0 Å². The van der Waals surface area contributed by atoms with Gasteiger partial charge in [-0.25, -0.2) is 9.18 Å². The fourth-order valence-corrected chi connectivity index (χ4v) is 4.25. The molecule has 6 nitrogen and oxygen atoms in total. The molecule has 0 aliphatic carbocycles. The zero-order valence-corrected chi connectivity index (χ0v) is 16.9. The van der Waals surface area contributed by atoms with Crippen LogP contribution in [0.3, 0.4) is 0 Å². The Morgan fingerprint density at radius 2 is 1.94 bits per heavy atom. The number of nitrogen functional groups attached to an aromatic ring is 1. The summed E-state index contributed by atoms with van der Waals surface area (Å²) in [7, 11) is 0. The molecule has 0 aromatic heterocycles. The minimum absolute atomic E-state index is 0.146. The maximum Gasteiger partial charge on any atom is 0.335 e. The van der Waals surface area contributed by atoms with E-state index in [4.69, 9.17) is 27.2 Å². The fourth-order valence-electron chi connectivity index (χ4n) is 4.07. The van der Waals surface area contributed by atoms with Crippen LogP contribution in [0.15, 0.2) is 65.8 Å². The zero-order valence-electron chi connectivity index (χ0n) is 16.1. The maximum atomic E-state index is 13.6. The molecule has 8 heteroatoms. The number of fused-ring (bicyclic) bond motifs is 3. The van der Waals surface area contributed by atoms with Gasteiger partial charge < -0.3 is 15.6 Å². The van der Waals surface area contributed by atoms with E-state index < -0.39 is 5.97 Å². The number of nitrogens with two attached hydrogens (primary N) is 1. The Morgan fingerprint density at radius 1 is 1.16 bits per heavy atom. The zero-order chi connectivity index (χ0) is 21.7. The SMILES string of the molecule is Nc1ccc(N2N=C3c4ccc(C(=O)O)cc4OCC3C2c2ccc(F)cc2)cc1Cl. The molecule has 31 heavy (non-hydrogen) atoms. The van der Waals surface area contributed by atoms with E-state index in [1.165, 1.54) is 24.3 Å². The van der Waals surface area contributed by atoms with E-state index in [-0.39, 0.29) is 23.3 Å². The molecular weight excluding hydrogens is 421 g/mol. The second kappa shape index (κ2) is 7.28. The predicted molar refractivity (Wildman–Crippen MR) is 116 cm³/mol. The van der Waals surface area contributed by atoms with Gasteiger partial charge in [0.05, 0.1) is 46.2 Å². The first-order chi connectivity index (χ1) is 14.9. The van der Waals surface area contributed by atoms with Crippen LogP contribution in [0.2, 0.25) is 5.02 Å². The molecule has 2 aliphatic heterocycles. The van der Waals surface area contributed by atoms with Crippen molar-refractivity contribution in [2.24, 2.45) is 11.0 Å². The van der Waals surface area contributed by atoms with Crippen molar-refractivity contribution in [2.75, 3.05) is 17.3 Å². The quantitative estimate of drug-likeness (QED) is 0.578. The average molecular weight is 438 g/mol. The number of halogens is 2. The number of nitrogens with zero attached hydrogens (tertiary/aromatic N) is 2. The molecular formula is C23H17ClFN3O3. The van der Waals surface area contributed by atoms with Gasteiger partial charge in [-0.2, -0.15) is 5.10 Å². The normalized spacial score (nSPS) is 19.3. The summed E-state index contributed by atoms with van der Waals surface area (Å²) in [6.45, 7) is 0.302. The van der Waals surface area contributed by atoms with Gasteiger partial charge >= 0.3 is 5.97 Å². The summed E-state index contributed by atoms with van der Waals surface area (Å²) in [4.78, 5) is 11.3. The highest BCUT2D eigenvalue weighted by atomic mass is 35.5. The molecule has 0 bridgehead atoms. The third-order valence-corrected chi connectivity index (χ3v) is 5.92. The van der Waals surface area contributed by atoms with Crippen LogP contribution in [0.4, 0.5) is 15.8 Å². The van der Waals surface area contributed by atoms with Crippen LogP contribution in [0.25, 0.3) is 0 Å². The van der Waals surface area contributed by atoms with Crippen molar-refractivity contribution in [1.82, 2.24) is 0 Å². The van der Waals surface area contributed by atoms with Crippen LogP contribution in [0, 0.1) is 11.7 Å². The second-order valence-corrected chi connectivity index (χ2v) is 7.87. The van der Waals surface area contributed by atoms with Gasteiger partial charge in [0, 0.05) is 5.56 Å². The Hall–Kier alpha value is -3.58. The molecule has 2 unspecified atom stereocenters. The van der Waals surface area contributed by atoms with Crippen molar-refractivity contribution in [2.45, 2.75) is 6.04 Å². The molecule has 0 saturated heterocycles. The third kappa shape index (κ3) is 3.27. The molecule has 3 aromatic rings. The second-order valence-electron chi connectivity index (χ2n) is 7.47. The molecule has 0 fully saturated rings. The van der Waals surface area contributed by atoms with E-state index in [0.29, 0.717) is 23.1 Å². The molecule has 2 heterocycles. The van der Waals surface area contributed by atoms with Crippen molar-refractivity contribution in [3.05, 3.63) is 88.2 Å². The smallest absolute Gasteiger partial charge is 0.335 e. The lowest BCUT2D eigenvalue weighted by Crippen LogP contribution is -2.33. The Balaban J connectivity index is 1.64. The molecule has 0 saturated carbocycles. The molecule has 2 atom stereocenters. The predicted octanol–water partition coefficient (Wildman–Crippen LogP) is 4.73. The molecule has 5 rings (SSSR count). The summed E-state index contributed by atoms with van der Waals surface area (Å²) in [5.41, 5.74) is 9.60. The lowest BCUT2D eigenvalue weighted by Gasteiger charge is -2.31. The summed E-state index contributed by atoms with van der Waals surface area (Å²) in [5, 5.41) is 16.4. The minimum Gasteiger partial charge on any atom is -0.492 e. The Bertz CT molecular complexity index is 1230. The highest BCUT2D eigenvalue weighted by molar-refractivity contribution is 6.33. The Labute approximate surface area is 182 Å². The number of hydrogen-bond acceptors (Lipinski definition) is 5. The topological polar surface area (TPSA) is 88.2 Å². The summed E-state index contributed by atoms with van der Waals surface area (Å²) in [6.07, 6.45) is 0. The summed E-state index contributed by atoms with van der Waals surface area (Å²) in [5.74, 6) is -1.02.